The van der Waals surface area contributed by atoms with Crippen molar-refractivity contribution in [3.05, 3.63) is 59.7 Å². The largest absolute Gasteiger partial charge is 0.493 e. The highest BCUT2D eigenvalue weighted by Crippen LogP contribution is 2.27. The van der Waals surface area contributed by atoms with E-state index in [-0.39, 0.29) is 23.0 Å². The van der Waals surface area contributed by atoms with Gasteiger partial charge in [-0.15, -0.1) is 0 Å². The zero-order valence-corrected chi connectivity index (χ0v) is 18.1. The number of hydrogen-bond acceptors (Lipinski definition) is 5. The van der Waals surface area contributed by atoms with Gasteiger partial charge in [0.15, 0.2) is 16.6 Å². The van der Waals surface area contributed by atoms with Gasteiger partial charge in [-0.05, 0) is 74.1 Å². The molecule has 0 spiro atoms. The number of thiocarbonyl (C=S) groups is 1. The molecule has 0 aromatic heterocycles. The van der Waals surface area contributed by atoms with Crippen LogP contribution in [0.15, 0.2) is 48.5 Å². The van der Waals surface area contributed by atoms with E-state index in [0.29, 0.717) is 22.7 Å². The number of carbonyl (C=O) groups excluding carboxylic acids is 2. The summed E-state index contributed by atoms with van der Waals surface area (Å²) in [6.07, 6.45) is 3.01. The molecule has 0 aliphatic rings. The van der Waals surface area contributed by atoms with Gasteiger partial charge in [0.2, 0.25) is 5.91 Å². The van der Waals surface area contributed by atoms with E-state index in [1.54, 1.807) is 62.8 Å². The number of methoxy groups -OCH3 is 2. The topological polar surface area (TPSA) is 88.7 Å². The first-order chi connectivity index (χ1) is 14.3. The summed E-state index contributed by atoms with van der Waals surface area (Å²) in [6, 6.07) is 12.2. The van der Waals surface area contributed by atoms with Gasteiger partial charge in [0.1, 0.15) is 0 Å². The van der Waals surface area contributed by atoms with Gasteiger partial charge in [0.25, 0.3) is 5.91 Å². The normalized spacial score (nSPS) is 10.6. The minimum absolute atomic E-state index is 0.0603. The molecule has 2 amide bonds. The number of ether oxygens (including phenoxy) is 2. The van der Waals surface area contributed by atoms with Gasteiger partial charge >= 0.3 is 0 Å². The van der Waals surface area contributed by atoms with Crippen molar-refractivity contribution in [2.24, 2.45) is 0 Å². The number of anilines is 1. The van der Waals surface area contributed by atoms with E-state index in [0.717, 1.165) is 5.56 Å². The quantitative estimate of drug-likeness (QED) is 0.464. The van der Waals surface area contributed by atoms with E-state index in [2.05, 4.69) is 16.0 Å². The number of benzene rings is 2. The third kappa shape index (κ3) is 6.89. The maximum Gasteiger partial charge on any atom is 0.251 e. The maximum atomic E-state index is 12.1. The van der Waals surface area contributed by atoms with E-state index >= 15 is 0 Å². The fourth-order valence-corrected chi connectivity index (χ4v) is 2.71. The lowest BCUT2D eigenvalue weighted by molar-refractivity contribution is -0.115. The molecule has 0 fully saturated rings. The molecule has 30 heavy (non-hydrogen) atoms. The molecule has 0 heterocycles. The lowest BCUT2D eigenvalue weighted by Crippen LogP contribution is -2.33. The van der Waals surface area contributed by atoms with Crippen molar-refractivity contribution in [2.45, 2.75) is 19.9 Å². The lowest BCUT2D eigenvalue weighted by Gasteiger charge is -2.10. The molecule has 0 saturated heterocycles. The van der Waals surface area contributed by atoms with Crippen LogP contribution >= 0.6 is 12.2 Å². The first-order valence-corrected chi connectivity index (χ1v) is 9.66. The molecule has 8 heteroatoms. The molecule has 2 aromatic carbocycles. The van der Waals surface area contributed by atoms with Gasteiger partial charge in [-0.2, -0.15) is 0 Å². The standard InChI is InChI=1S/C22H25N3O4S/c1-14(2)23-21(27)16-7-9-17(10-8-16)24-22(30)25-20(26)12-6-15-5-11-18(28-3)19(13-15)29-4/h5-14H,1-4H3,(H,23,27)(H2,24,25,26,30)/b12-6+. The Morgan fingerprint density at radius 3 is 2.27 bits per heavy atom. The van der Waals surface area contributed by atoms with Crippen LogP contribution in [0.25, 0.3) is 6.08 Å². The SMILES string of the molecule is COc1ccc(/C=C/C(=O)NC(=S)Nc2ccc(C(=O)NC(C)C)cc2)cc1OC. The van der Waals surface area contributed by atoms with Crippen molar-refractivity contribution in [3.8, 4) is 11.5 Å². The minimum Gasteiger partial charge on any atom is -0.493 e. The van der Waals surface area contributed by atoms with Crippen molar-refractivity contribution in [2.75, 3.05) is 19.5 Å². The van der Waals surface area contributed by atoms with Gasteiger partial charge in [-0.1, -0.05) is 6.07 Å². The maximum absolute atomic E-state index is 12.1. The molecule has 0 saturated carbocycles. The summed E-state index contributed by atoms with van der Waals surface area (Å²) in [7, 11) is 3.11. The summed E-state index contributed by atoms with van der Waals surface area (Å²) in [5.74, 6) is 0.655. The van der Waals surface area contributed by atoms with E-state index in [1.807, 2.05) is 13.8 Å². The zero-order valence-electron chi connectivity index (χ0n) is 17.3. The van der Waals surface area contributed by atoms with Crippen molar-refractivity contribution >= 4 is 40.9 Å². The Morgan fingerprint density at radius 1 is 1.00 bits per heavy atom. The van der Waals surface area contributed by atoms with Crippen molar-refractivity contribution < 1.29 is 19.1 Å². The molecule has 7 nitrogen and oxygen atoms in total. The number of rotatable bonds is 7. The van der Waals surface area contributed by atoms with Crippen molar-refractivity contribution in [1.82, 2.24) is 10.6 Å². The fourth-order valence-electron chi connectivity index (χ4n) is 2.49. The molecule has 0 radical (unpaired) electrons. The molecule has 158 valence electrons. The molecule has 0 atom stereocenters. The predicted molar refractivity (Wildman–Crippen MR) is 122 cm³/mol. The Bertz CT molecular complexity index is 940. The summed E-state index contributed by atoms with van der Waals surface area (Å²) in [5, 5.41) is 8.45. The smallest absolute Gasteiger partial charge is 0.251 e. The van der Waals surface area contributed by atoms with Crippen LogP contribution < -0.4 is 25.4 Å². The second-order valence-corrected chi connectivity index (χ2v) is 7.00. The average Bonchev–Trinajstić information content (AvgIpc) is 2.71. The Labute approximate surface area is 181 Å². The molecule has 2 aromatic rings. The number of hydrogen-bond donors (Lipinski definition) is 3. The zero-order chi connectivity index (χ0) is 22.1. The highest BCUT2D eigenvalue weighted by atomic mass is 32.1. The number of carbonyl (C=O) groups is 2. The van der Waals surface area contributed by atoms with E-state index < -0.39 is 0 Å². The molecule has 0 aliphatic heterocycles. The van der Waals surface area contributed by atoms with Crippen molar-refractivity contribution in [3.63, 3.8) is 0 Å². The van der Waals surface area contributed by atoms with Gasteiger partial charge in [0.05, 0.1) is 14.2 Å². The Balaban J connectivity index is 1.91. The summed E-state index contributed by atoms with van der Waals surface area (Å²) >= 11 is 5.16. The Morgan fingerprint density at radius 2 is 1.67 bits per heavy atom. The van der Waals surface area contributed by atoms with Crippen LogP contribution in [-0.4, -0.2) is 37.2 Å². The van der Waals surface area contributed by atoms with Gasteiger partial charge in [-0.3, -0.25) is 14.9 Å². The van der Waals surface area contributed by atoms with E-state index in [4.69, 9.17) is 21.7 Å². The van der Waals surface area contributed by atoms with Gasteiger partial charge in [0, 0.05) is 23.4 Å². The minimum atomic E-state index is -0.379. The third-order valence-corrected chi connectivity index (χ3v) is 4.10. The van der Waals surface area contributed by atoms with Gasteiger partial charge in [-0.25, -0.2) is 0 Å². The summed E-state index contributed by atoms with van der Waals surface area (Å²) < 4.78 is 10.4. The summed E-state index contributed by atoms with van der Waals surface area (Å²) in [6.45, 7) is 3.79. The highest BCUT2D eigenvalue weighted by molar-refractivity contribution is 7.80. The van der Waals surface area contributed by atoms with Crippen LogP contribution in [-0.2, 0) is 4.79 Å². The first kappa shape index (κ1) is 22.9. The van der Waals surface area contributed by atoms with Crippen LogP contribution in [0.4, 0.5) is 5.69 Å². The van der Waals surface area contributed by atoms with E-state index in [1.165, 1.54) is 6.08 Å². The van der Waals surface area contributed by atoms with E-state index in [9.17, 15) is 9.59 Å². The van der Waals surface area contributed by atoms with Crippen LogP contribution in [0.1, 0.15) is 29.8 Å². The molecule has 2 rings (SSSR count). The molecule has 0 aliphatic carbocycles. The molecular formula is C22H25N3O4S. The number of nitrogens with one attached hydrogen (secondary N) is 3. The van der Waals surface area contributed by atoms with Crippen LogP contribution in [0.5, 0.6) is 11.5 Å². The van der Waals surface area contributed by atoms with Crippen LogP contribution in [0.2, 0.25) is 0 Å². The second kappa shape index (κ2) is 11.0. The van der Waals surface area contributed by atoms with Gasteiger partial charge < -0.3 is 20.1 Å². The molecule has 0 bridgehead atoms. The first-order valence-electron chi connectivity index (χ1n) is 9.25. The third-order valence-electron chi connectivity index (χ3n) is 3.90. The number of amides is 2. The summed E-state index contributed by atoms with van der Waals surface area (Å²) in [5.41, 5.74) is 1.98. The Kier molecular flexibility index (Phi) is 8.37. The highest BCUT2D eigenvalue weighted by Gasteiger charge is 2.08. The monoisotopic (exact) mass is 427 g/mol. The average molecular weight is 428 g/mol. The van der Waals surface area contributed by atoms with Crippen molar-refractivity contribution in [1.29, 1.82) is 0 Å². The summed E-state index contributed by atoms with van der Waals surface area (Å²) in [4.78, 5) is 24.1. The lowest BCUT2D eigenvalue weighted by atomic mass is 10.2. The molecule has 0 unspecified atom stereocenters. The van der Waals surface area contributed by atoms with Crippen LogP contribution in [0, 0.1) is 0 Å². The second-order valence-electron chi connectivity index (χ2n) is 6.60. The Hall–Kier alpha value is -3.39. The fraction of sp³-hybridized carbons (Fsp3) is 0.227. The van der Waals surface area contributed by atoms with Crippen LogP contribution in [0.3, 0.4) is 0 Å². The molecular weight excluding hydrogens is 402 g/mol. The predicted octanol–water partition coefficient (Wildman–Crippen LogP) is 3.37. The molecule has 3 N–H and O–H groups in total.